The first-order chi connectivity index (χ1) is 10.7. The molecule has 0 bridgehead atoms. The number of ether oxygens (including phenoxy) is 1. The maximum Gasteiger partial charge on any atom is 0.236 e. The Labute approximate surface area is 137 Å². The number of H-pyrrole nitrogens is 1. The van der Waals surface area contributed by atoms with Gasteiger partial charge in [-0.3, -0.25) is 9.89 Å². The van der Waals surface area contributed by atoms with Crippen molar-refractivity contribution in [3.63, 3.8) is 0 Å². The number of nitrogens with one attached hydrogen (secondary N) is 1. The Morgan fingerprint density at radius 2 is 2.36 bits per heavy atom. The Balaban J connectivity index is 1.56. The largest absolute Gasteiger partial charge is 0.378 e. The van der Waals surface area contributed by atoms with E-state index >= 15 is 0 Å². The van der Waals surface area contributed by atoms with Gasteiger partial charge in [-0.25, -0.2) is 4.98 Å². The SMILES string of the molecule is C[C@@H](Sc1n[nH]c(Cc2cccs2)n1)C(=O)N1CCOCC1. The molecular weight excluding hydrogens is 320 g/mol. The molecule has 8 heteroatoms. The van der Waals surface area contributed by atoms with Crippen LogP contribution in [0.2, 0.25) is 0 Å². The van der Waals surface area contributed by atoms with Gasteiger partial charge < -0.3 is 9.64 Å². The predicted molar refractivity (Wildman–Crippen MR) is 86.2 cm³/mol. The highest BCUT2D eigenvalue weighted by Gasteiger charge is 2.24. The Kier molecular flexibility index (Phi) is 5.12. The summed E-state index contributed by atoms with van der Waals surface area (Å²) in [5.41, 5.74) is 0. The summed E-state index contributed by atoms with van der Waals surface area (Å²) in [7, 11) is 0. The van der Waals surface area contributed by atoms with Crippen molar-refractivity contribution in [3.05, 3.63) is 28.2 Å². The second kappa shape index (κ2) is 7.26. The van der Waals surface area contributed by atoms with Crippen LogP contribution in [0, 0.1) is 0 Å². The first-order valence-electron chi connectivity index (χ1n) is 7.19. The minimum Gasteiger partial charge on any atom is -0.378 e. The van der Waals surface area contributed by atoms with Crippen LogP contribution in [0.3, 0.4) is 0 Å². The Morgan fingerprint density at radius 3 is 3.09 bits per heavy atom. The second-order valence-electron chi connectivity index (χ2n) is 5.02. The van der Waals surface area contributed by atoms with E-state index in [-0.39, 0.29) is 11.2 Å². The average Bonchev–Trinajstić information content (AvgIpc) is 3.20. The van der Waals surface area contributed by atoms with Crippen LogP contribution in [0.4, 0.5) is 0 Å². The van der Waals surface area contributed by atoms with Gasteiger partial charge in [0.25, 0.3) is 0 Å². The van der Waals surface area contributed by atoms with Crippen molar-refractivity contribution in [2.45, 2.75) is 23.8 Å². The third kappa shape index (κ3) is 3.88. The summed E-state index contributed by atoms with van der Waals surface area (Å²) in [5.74, 6) is 0.953. The smallest absolute Gasteiger partial charge is 0.236 e. The molecule has 0 aromatic carbocycles. The van der Waals surface area contributed by atoms with E-state index < -0.39 is 0 Å². The molecule has 2 aromatic heterocycles. The van der Waals surface area contributed by atoms with Gasteiger partial charge in [0.2, 0.25) is 11.1 Å². The van der Waals surface area contributed by atoms with Gasteiger partial charge in [-0.2, -0.15) is 0 Å². The molecule has 6 nitrogen and oxygen atoms in total. The van der Waals surface area contributed by atoms with Crippen molar-refractivity contribution in [3.8, 4) is 0 Å². The molecule has 0 radical (unpaired) electrons. The van der Waals surface area contributed by atoms with Gasteiger partial charge >= 0.3 is 0 Å². The number of carbonyl (C=O) groups is 1. The lowest BCUT2D eigenvalue weighted by molar-refractivity contribution is -0.134. The maximum atomic E-state index is 12.4. The summed E-state index contributed by atoms with van der Waals surface area (Å²) in [6, 6.07) is 4.10. The molecule has 0 spiro atoms. The van der Waals surface area contributed by atoms with Crippen LogP contribution in [0.5, 0.6) is 0 Å². The van der Waals surface area contributed by atoms with E-state index in [9.17, 15) is 4.79 Å². The third-order valence-corrected chi connectivity index (χ3v) is 5.21. The highest BCUT2D eigenvalue weighted by molar-refractivity contribution is 8.00. The number of carbonyl (C=O) groups excluding carboxylic acids is 1. The molecular formula is C14H18N4O2S2. The van der Waals surface area contributed by atoms with Crippen LogP contribution in [0.15, 0.2) is 22.7 Å². The zero-order chi connectivity index (χ0) is 15.4. The number of thiophene rings is 1. The van der Waals surface area contributed by atoms with Crippen LogP contribution in [0.25, 0.3) is 0 Å². The van der Waals surface area contributed by atoms with E-state index in [2.05, 4.69) is 21.2 Å². The van der Waals surface area contributed by atoms with Crippen molar-refractivity contribution < 1.29 is 9.53 Å². The third-order valence-electron chi connectivity index (χ3n) is 3.39. The number of hydrogen-bond donors (Lipinski definition) is 1. The van der Waals surface area contributed by atoms with E-state index in [1.165, 1.54) is 16.6 Å². The van der Waals surface area contributed by atoms with Gasteiger partial charge in [-0.1, -0.05) is 17.8 Å². The monoisotopic (exact) mass is 338 g/mol. The van der Waals surface area contributed by atoms with Crippen LogP contribution >= 0.6 is 23.1 Å². The normalized spacial score (nSPS) is 16.7. The second-order valence-corrected chi connectivity index (χ2v) is 7.36. The Bertz CT molecular complexity index is 608. The molecule has 3 heterocycles. The minimum atomic E-state index is -0.191. The van der Waals surface area contributed by atoms with E-state index in [0.29, 0.717) is 31.5 Å². The van der Waals surface area contributed by atoms with E-state index in [1.54, 1.807) is 11.3 Å². The predicted octanol–water partition coefficient (Wildman–Crippen LogP) is 1.80. The molecule has 1 fully saturated rings. The highest BCUT2D eigenvalue weighted by atomic mass is 32.2. The molecule has 1 amide bonds. The molecule has 0 saturated carbocycles. The van der Waals surface area contributed by atoms with Crippen molar-refractivity contribution in [2.75, 3.05) is 26.3 Å². The standard InChI is InChI=1S/C14H18N4O2S2/c1-10(13(19)18-4-6-20-7-5-18)22-14-15-12(16-17-14)9-11-3-2-8-21-11/h2-3,8,10H,4-7,9H2,1H3,(H,15,16,17)/t10-/m1/s1. The van der Waals surface area contributed by atoms with Gasteiger partial charge in [0.1, 0.15) is 5.82 Å². The number of amides is 1. The van der Waals surface area contributed by atoms with E-state index in [1.807, 2.05) is 23.3 Å². The van der Waals surface area contributed by atoms with E-state index in [0.717, 1.165) is 12.2 Å². The van der Waals surface area contributed by atoms with Crippen molar-refractivity contribution in [1.82, 2.24) is 20.1 Å². The molecule has 1 saturated heterocycles. The summed E-state index contributed by atoms with van der Waals surface area (Å²) in [6.45, 7) is 4.48. The fourth-order valence-electron chi connectivity index (χ4n) is 2.24. The number of nitrogens with zero attached hydrogens (tertiary/aromatic N) is 3. The van der Waals surface area contributed by atoms with Gasteiger partial charge in [-0.05, 0) is 18.4 Å². The molecule has 1 atom stereocenters. The lowest BCUT2D eigenvalue weighted by Gasteiger charge is -2.28. The van der Waals surface area contributed by atoms with Gasteiger partial charge in [0.15, 0.2) is 0 Å². The van der Waals surface area contributed by atoms with Crippen molar-refractivity contribution in [1.29, 1.82) is 0 Å². The lowest BCUT2D eigenvalue weighted by atomic mass is 10.3. The maximum absolute atomic E-state index is 12.4. The molecule has 2 aromatic rings. The summed E-state index contributed by atoms with van der Waals surface area (Å²) < 4.78 is 5.27. The number of aromatic amines is 1. The summed E-state index contributed by atoms with van der Waals surface area (Å²) >= 11 is 3.09. The van der Waals surface area contributed by atoms with Crippen molar-refractivity contribution >= 4 is 29.0 Å². The van der Waals surface area contributed by atoms with Crippen molar-refractivity contribution in [2.24, 2.45) is 0 Å². The van der Waals surface area contributed by atoms with Crippen LogP contribution < -0.4 is 0 Å². The zero-order valence-electron chi connectivity index (χ0n) is 12.3. The fourth-order valence-corrected chi connectivity index (χ4v) is 3.77. The first kappa shape index (κ1) is 15.5. The molecule has 118 valence electrons. The fraction of sp³-hybridized carbons (Fsp3) is 0.500. The molecule has 22 heavy (non-hydrogen) atoms. The number of morpholine rings is 1. The first-order valence-corrected chi connectivity index (χ1v) is 8.95. The summed E-state index contributed by atoms with van der Waals surface area (Å²) in [5, 5.41) is 9.63. The van der Waals surface area contributed by atoms with Gasteiger partial charge in [0, 0.05) is 24.4 Å². The highest BCUT2D eigenvalue weighted by Crippen LogP contribution is 2.22. The zero-order valence-corrected chi connectivity index (χ0v) is 14.0. The number of rotatable bonds is 5. The lowest BCUT2D eigenvalue weighted by Crippen LogP contribution is -2.44. The molecule has 3 rings (SSSR count). The van der Waals surface area contributed by atoms with Gasteiger partial charge in [-0.15, -0.1) is 16.4 Å². The van der Waals surface area contributed by atoms with Gasteiger partial charge in [0.05, 0.1) is 18.5 Å². The molecule has 0 unspecified atom stereocenters. The summed E-state index contributed by atoms with van der Waals surface area (Å²) in [4.78, 5) is 19.9. The molecule has 1 aliphatic rings. The number of hydrogen-bond acceptors (Lipinski definition) is 6. The van der Waals surface area contributed by atoms with Crippen LogP contribution in [-0.4, -0.2) is 57.5 Å². The van der Waals surface area contributed by atoms with Crippen LogP contribution in [0.1, 0.15) is 17.6 Å². The minimum absolute atomic E-state index is 0.123. The Morgan fingerprint density at radius 1 is 1.55 bits per heavy atom. The van der Waals surface area contributed by atoms with Crippen LogP contribution in [-0.2, 0) is 16.0 Å². The quantitative estimate of drug-likeness (QED) is 0.842. The molecule has 0 aliphatic carbocycles. The molecule has 1 aliphatic heterocycles. The topological polar surface area (TPSA) is 71.1 Å². The molecule has 1 N–H and O–H groups in total. The average molecular weight is 338 g/mol. The summed E-state index contributed by atoms with van der Waals surface area (Å²) in [6.07, 6.45) is 0.747. The Hall–Kier alpha value is -1.38. The number of thioether (sulfide) groups is 1. The van der Waals surface area contributed by atoms with E-state index in [4.69, 9.17) is 4.74 Å². The number of aromatic nitrogens is 3.